The second-order valence-electron chi connectivity index (χ2n) is 5.34. The maximum absolute atomic E-state index is 12.3. The summed E-state index contributed by atoms with van der Waals surface area (Å²) in [5.74, 6) is 0.906. The minimum Gasteiger partial charge on any atom is -0.497 e. The van der Waals surface area contributed by atoms with Crippen LogP contribution in [0, 0.1) is 6.92 Å². The van der Waals surface area contributed by atoms with Gasteiger partial charge in [-0.15, -0.1) is 0 Å². The number of carbonyl (C=O) groups excluding carboxylic acids is 2. The lowest BCUT2D eigenvalue weighted by Crippen LogP contribution is -2.28. The molecular formula is C18H21N3O4. The van der Waals surface area contributed by atoms with Crippen molar-refractivity contribution in [1.82, 2.24) is 10.3 Å². The van der Waals surface area contributed by atoms with Crippen LogP contribution in [-0.2, 0) is 4.79 Å². The third-order valence-electron chi connectivity index (χ3n) is 3.47. The van der Waals surface area contributed by atoms with E-state index in [1.54, 1.807) is 30.5 Å². The Kier molecular flexibility index (Phi) is 6.33. The molecule has 0 aliphatic rings. The van der Waals surface area contributed by atoms with Gasteiger partial charge >= 0.3 is 0 Å². The lowest BCUT2D eigenvalue weighted by atomic mass is 10.1. The first-order valence-electron chi connectivity index (χ1n) is 7.76. The SMILES string of the molecule is COc1ccc(OC)c(C(=O)NCCC(=O)Nc2ccc(C)cn2)c1. The molecule has 2 rings (SSSR count). The molecule has 0 unspecified atom stereocenters. The molecule has 0 radical (unpaired) electrons. The summed E-state index contributed by atoms with van der Waals surface area (Å²) in [5.41, 5.74) is 1.36. The summed E-state index contributed by atoms with van der Waals surface area (Å²) in [7, 11) is 3.01. The normalized spacial score (nSPS) is 10.0. The number of pyridine rings is 1. The molecule has 2 aromatic rings. The van der Waals surface area contributed by atoms with Crippen LogP contribution in [0.2, 0.25) is 0 Å². The van der Waals surface area contributed by atoms with E-state index in [2.05, 4.69) is 15.6 Å². The molecule has 1 aromatic carbocycles. The lowest BCUT2D eigenvalue weighted by Gasteiger charge is -2.11. The molecule has 1 aromatic heterocycles. The lowest BCUT2D eigenvalue weighted by molar-refractivity contribution is -0.116. The van der Waals surface area contributed by atoms with Gasteiger partial charge in [0.2, 0.25) is 5.91 Å². The molecule has 2 N–H and O–H groups in total. The summed E-state index contributed by atoms with van der Waals surface area (Å²) in [6, 6.07) is 8.54. The fourth-order valence-electron chi connectivity index (χ4n) is 2.12. The van der Waals surface area contributed by atoms with E-state index in [0.717, 1.165) is 5.56 Å². The molecule has 0 fully saturated rings. The monoisotopic (exact) mass is 343 g/mol. The zero-order valence-corrected chi connectivity index (χ0v) is 14.5. The van der Waals surface area contributed by atoms with E-state index in [-0.39, 0.29) is 24.8 Å². The number of aromatic nitrogens is 1. The number of nitrogens with one attached hydrogen (secondary N) is 2. The minimum absolute atomic E-state index is 0.133. The Morgan fingerprint density at radius 3 is 2.56 bits per heavy atom. The molecule has 0 saturated heterocycles. The molecule has 0 bridgehead atoms. The summed E-state index contributed by atoms with van der Waals surface area (Å²) in [5, 5.41) is 5.37. The number of nitrogens with zero attached hydrogens (tertiary/aromatic N) is 1. The van der Waals surface area contributed by atoms with Crippen LogP contribution >= 0.6 is 0 Å². The first-order chi connectivity index (χ1) is 12.0. The van der Waals surface area contributed by atoms with Crippen molar-refractivity contribution >= 4 is 17.6 Å². The number of ether oxygens (including phenoxy) is 2. The van der Waals surface area contributed by atoms with E-state index in [4.69, 9.17) is 9.47 Å². The highest BCUT2D eigenvalue weighted by molar-refractivity contribution is 5.98. The average Bonchev–Trinajstić information content (AvgIpc) is 2.63. The first-order valence-corrected chi connectivity index (χ1v) is 7.76. The predicted molar refractivity (Wildman–Crippen MR) is 94.1 cm³/mol. The molecule has 1 heterocycles. The van der Waals surface area contributed by atoms with Crippen molar-refractivity contribution in [3.8, 4) is 11.5 Å². The van der Waals surface area contributed by atoms with E-state index in [1.807, 2.05) is 13.0 Å². The largest absolute Gasteiger partial charge is 0.497 e. The van der Waals surface area contributed by atoms with E-state index < -0.39 is 0 Å². The van der Waals surface area contributed by atoms with Gasteiger partial charge in [-0.25, -0.2) is 4.98 Å². The second kappa shape index (κ2) is 8.68. The highest BCUT2D eigenvalue weighted by atomic mass is 16.5. The van der Waals surface area contributed by atoms with Crippen molar-refractivity contribution in [3.63, 3.8) is 0 Å². The fraction of sp³-hybridized carbons (Fsp3) is 0.278. The average molecular weight is 343 g/mol. The number of benzene rings is 1. The zero-order valence-electron chi connectivity index (χ0n) is 14.5. The van der Waals surface area contributed by atoms with Crippen LogP contribution < -0.4 is 20.1 Å². The molecule has 7 nitrogen and oxygen atoms in total. The number of carbonyl (C=O) groups is 2. The van der Waals surface area contributed by atoms with Crippen molar-refractivity contribution in [1.29, 1.82) is 0 Å². The summed E-state index contributed by atoms with van der Waals surface area (Å²) < 4.78 is 10.3. The van der Waals surface area contributed by atoms with Crippen LogP contribution in [0.3, 0.4) is 0 Å². The van der Waals surface area contributed by atoms with Crippen LogP contribution in [0.4, 0.5) is 5.82 Å². The van der Waals surface area contributed by atoms with Crippen LogP contribution in [0.15, 0.2) is 36.5 Å². The molecule has 0 spiro atoms. The molecule has 2 amide bonds. The summed E-state index contributed by atoms with van der Waals surface area (Å²) >= 11 is 0. The highest BCUT2D eigenvalue weighted by Crippen LogP contribution is 2.23. The van der Waals surface area contributed by atoms with Gasteiger partial charge in [-0.3, -0.25) is 9.59 Å². The van der Waals surface area contributed by atoms with Gasteiger partial charge in [0.05, 0.1) is 19.8 Å². The Morgan fingerprint density at radius 1 is 1.12 bits per heavy atom. The number of anilines is 1. The molecule has 0 atom stereocenters. The van der Waals surface area contributed by atoms with Gasteiger partial charge in [-0.2, -0.15) is 0 Å². The summed E-state index contributed by atoms with van der Waals surface area (Å²) in [4.78, 5) is 28.3. The minimum atomic E-state index is -0.336. The Hall–Kier alpha value is -3.09. The Bertz CT molecular complexity index is 744. The summed E-state index contributed by atoms with van der Waals surface area (Å²) in [6.07, 6.45) is 1.81. The van der Waals surface area contributed by atoms with Crippen molar-refractivity contribution in [2.24, 2.45) is 0 Å². The van der Waals surface area contributed by atoms with Gasteiger partial charge < -0.3 is 20.1 Å². The maximum Gasteiger partial charge on any atom is 0.255 e. The molecule has 25 heavy (non-hydrogen) atoms. The third-order valence-corrected chi connectivity index (χ3v) is 3.47. The third kappa shape index (κ3) is 5.20. The standard InChI is InChI=1S/C18H21N3O4/c1-12-4-7-16(20-11-12)21-17(22)8-9-19-18(23)14-10-13(24-2)5-6-15(14)25-3/h4-7,10-11H,8-9H2,1-3H3,(H,19,23)(H,20,21,22). The van der Waals surface area contributed by atoms with Gasteiger partial charge in [0.25, 0.3) is 5.91 Å². The number of amides is 2. The molecule has 132 valence electrons. The number of hydrogen-bond donors (Lipinski definition) is 2. The topological polar surface area (TPSA) is 89.5 Å². The first kappa shape index (κ1) is 18.3. The molecule has 0 aliphatic carbocycles. The van der Waals surface area contributed by atoms with Crippen LogP contribution in [0.25, 0.3) is 0 Å². The molecular weight excluding hydrogens is 322 g/mol. The second-order valence-corrected chi connectivity index (χ2v) is 5.34. The number of methoxy groups -OCH3 is 2. The van der Waals surface area contributed by atoms with Crippen molar-refractivity contribution in [2.75, 3.05) is 26.1 Å². The fourth-order valence-corrected chi connectivity index (χ4v) is 2.12. The smallest absolute Gasteiger partial charge is 0.255 e. The zero-order chi connectivity index (χ0) is 18.2. The maximum atomic E-state index is 12.3. The Balaban J connectivity index is 1.87. The summed E-state index contributed by atoms with van der Waals surface area (Å²) in [6.45, 7) is 2.11. The van der Waals surface area contributed by atoms with Gasteiger partial charge in [-0.05, 0) is 36.8 Å². The predicted octanol–water partition coefficient (Wildman–Crippen LogP) is 2.17. The van der Waals surface area contributed by atoms with Gasteiger partial charge in [0.1, 0.15) is 17.3 Å². The van der Waals surface area contributed by atoms with E-state index in [1.165, 1.54) is 14.2 Å². The molecule has 7 heteroatoms. The van der Waals surface area contributed by atoms with Crippen molar-refractivity contribution in [2.45, 2.75) is 13.3 Å². The van der Waals surface area contributed by atoms with Gasteiger partial charge in [0.15, 0.2) is 0 Å². The molecule has 0 aliphatic heterocycles. The van der Waals surface area contributed by atoms with Crippen LogP contribution in [0.1, 0.15) is 22.3 Å². The Labute approximate surface area is 146 Å². The van der Waals surface area contributed by atoms with Crippen molar-refractivity contribution < 1.29 is 19.1 Å². The number of rotatable bonds is 7. The quantitative estimate of drug-likeness (QED) is 0.804. The van der Waals surface area contributed by atoms with E-state index in [9.17, 15) is 9.59 Å². The van der Waals surface area contributed by atoms with Crippen LogP contribution in [0.5, 0.6) is 11.5 Å². The number of aryl methyl sites for hydroxylation is 1. The highest BCUT2D eigenvalue weighted by Gasteiger charge is 2.14. The van der Waals surface area contributed by atoms with Crippen molar-refractivity contribution in [3.05, 3.63) is 47.7 Å². The van der Waals surface area contributed by atoms with Gasteiger partial charge in [-0.1, -0.05) is 6.07 Å². The van der Waals surface area contributed by atoms with Gasteiger partial charge in [0, 0.05) is 19.2 Å². The molecule has 0 saturated carbocycles. The van der Waals surface area contributed by atoms with E-state index >= 15 is 0 Å². The van der Waals surface area contributed by atoms with E-state index in [0.29, 0.717) is 22.9 Å². The number of hydrogen-bond acceptors (Lipinski definition) is 5. The van der Waals surface area contributed by atoms with Crippen LogP contribution in [-0.4, -0.2) is 37.6 Å². The Morgan fingerprint density at radius 2 is 1.92 bits per heavy atom.